The Kier molecular flexibility index (Phi) is 4.06. The summed E-state index contributed by atoms with van der Waals surface area (Å²) in [5, 5.41) is 0. The molecule has 0 spiro atoms. The van der Waals surface area contributed by atoms with Crippen LogP contribution in [0.3, 0.4) is 0 Å². The van der Waals surface area contributed by atoms with Crippen molar-refractivity contribution in [3.05, 3.63) is 50.0 Å². The molecular weight excluding hydrogens is 419 g/mol. The first-order valence-electron chi connectivity index (χ1n) is 4.85. The second-order valence-corrected chi connectivity index (χ2v) is 5.57. The first-order valence-corrected chi connectivity index (χ1v) is 6.72. The molecule has 2 N–H and O–H groups in total. The average molecular weight is 426 g/mol. The molecule has 0 amide bonds. The maximum Gasteiger partial charge on any atom is 0.201 e. The topological polar surface area (TPSA) is 35.2 Å². The van der Waals surface area contributed by atoms with Gasteiger partial charge >= 0.3 is 0 Å². The van der Waals surface area contributed by atoms with Crippen LogP contribution in [0.1, 0.15) is 0 Å². The van der Waals surface area contributed by atoms with Gasteiger partial charge in [-0.3, -0.25) is 0 Å². The van der Waals surface area contributed by atoms with Crippen LogP contribution in [0.15, 0.2) is 34.8 Å². The number of benzene rings is 2. The maximum atomic E-state index is 13.5. The van der Waals surface area contributed by atoms with Gasteiger partial charge in [0, 0.05) is 10.2 Å². The van der Waals surface area contributed by atoms with Gasteiger partial charge in [0.05, 0.1) is 3.57 Å². The molecular formula is C12H7BrF2INO. The van der Waals surface area contributed by atoms with E-state index in [-0.39, 0.29) is 5.75 Å². The maximum absolute atomic E-state index is 13.5. The predicted octanol–water partition coefficient (Wildman–Crippen LogP) is 4.71. The zero-order valence-electron chi connectivity index (χ0n) is 8.88. The third-order valence-electron chi connectivity index (χ3n) is 2.14. The number of hydrogen-bond donors (Lipinski definition) is 1. The quantitative estimate of drug-likeness (QED) is 0.429. The highest BCUT2D eigenvalue weighted by atomic mass is 127. The summed E-state index contributed by atoms with van der Waals surface area (Å²) in [6, 6.07) is 7.32. The van der Waals surface area contributed by atoms with Crippen molar-refractivity contribution in [1.82, 2.24) is 0 Å². The van der Waals surface area contributed by atoms with Crippen LogP contribution in [0, 0.1) is 15.2 Å². The van der Waals surface area contributed by atoms with Crippen molar-refractivity contribution in [1.29, 1.82) is 0 Å². The summed E-state index contributed by atoms with van der Waals surface area (Å²) >= 11 is 5.09. The van der Waals surface area contributed by atoms with Crippen LogP contribution in [-0.4, -0.2) is 0 Å². The third-order valence-corrected chi connectivity index (χ3v) is 3.44. The summed E-state index contributed by atoms with van der Waals surface area (Å²) in [5.41, 5.74) is 6.17. The predicted molar refractivity (Wildman–Crippen MR) is 77.7 cm³/mol. The Bertz CT molecular complexity index is 607. The van der Waals surface area contributed by atoms with Gasteiger partial charge in [-0.2, -0.15) is 4.39 Å². The zero-order chi connectivity index (χ0) is 13.3. The smallest absolute Gasteiger partial charge is 0.201 e. The van der Waals surface area contributed by atoms with Crippen molar-refractivity contribution >= 4 is 44.2 Å². The van der Waals surface area contributed by atoms with E-state index in [0.29, 0.717) is 19.5 Å². The first-order chi connectivity index (χ1) is 8.47. The molecule has 94 valence electrons. The molecule has 0 aliphatic heterocycles. The van der Waals surface area contributed by atoms with Crippen molar-refractivity contribution in [3.8, 4) is 11.5 Å². The van der Waals surface area contributed by atoms with Crippen LogP contribution in [-0.2, 0) is 0 Å². The van der Waals surface area contributed by atoms with Gasteiger partial charge in [0.1, 0.15) is 5.75 Å². The fourth-order valence-electron chi connectivity index (χ4n) is 1.32. The molecule has 0 saturated carbocycles. The van der Waals surface area contributed by atoms with Crippen LogP contribution in [0.25, 0.3) is 0 Å². The van der Waals surface area contributed by atoms with E-state index in [1.807, 2.05) is 22.6 Å². The fourth-order valence-corrected chi connectivity index (χ4v) is 2.38. The number of nitrogens with two attached hydrogens (primary N) is 1. The summed E-state index contributed by atoms with van der Waals surface area (Å²) in [6.07, 6.45) is 0. The molecule has 0 unspecified atom stereocenters. The number of rotatable bonds is 2. The number of hydrogen-bond acceptors (Lipinski definition) is 2. The second-order valence-electron chi connectivity index (χ2n) is 3.49. The minimum atomic E-state index is -1.02. The van der Waals surface area contributed by atoms with Gasteiger partial charge in [-0.15, -0.1) is 0 Å². The molecule has 2 rings (SSSR count). The van der Waals surface area contributed by atoms with Gasteiger partial charge in [-0.1, -0.05) is 15.9 Å². The molecule has 2 nitrogen and oxygen atoms in total. The molecule has 2 aromatic rings. The molecule has 0 atom stereocenters. The zero-order valence-corrected chi connectivity index (χ0v) is 12.6. The van der Waals surface area contributed by atoms with Crippen LogP contribution >= 0.6 is 38.5 Å². The van der Waals surface area contributed by atoms with Gasteiger partial charge in [-0.25, -0.2) is 4.39 Å². The van der Waals surface area contributed by atoms with E-state index >= 15 is 0 Å². The highest BCUT2D eigenvalue weighted by Crippen LogP contribution is 2.32. The molecule has 18 heavy (non-hydrogen) atoms. The number of anilines is 1. The molecule has 2 aromatic carbocycles. The van der Waals surface area contributed by atoms with Crippen LogP contribution in [0.4, 0.5) is 14.5 Å². The SMILES string of the molecule is Nc1ccc(Oc2cc(Br)cc(F)c2F)c(I)c1. The Balaban J connectivity index is 2.40. The number of halogens is 4. The van der Waals surface area contributed by atoms with Crippen molar-refractivity contribution in [3.63, 3.8) is 0 Å². The van der Waals surface area contributed by atoms with Crippen molar-refractivity contribution in [2.45, 2.75) is 0 Å². The minimum absolute atomic E-state index is 0.176. The van der Waals surface area contributed by atoms with Crippen LogP contribution < -0.4 is 10.5 Å². The molecule has 0 aliphatic carbocycles. The Morgan fingerprint density at radius 1 is 1.11 bits per heavy atom. The van der Waals surface area contributed by atoms with E-state index in [1.165, 1.54) is 6.07 Å². The van der Waals surface area contributed by atoms with Gasteiger partial charge in [-0.05, 0) is 52.9 Å². The van der Waals surface area contributed by atoms with Gasteiger partial charge in [0.2, 0.25) is 5.82 Å². The molecule has 0 fully saturated rings. The number of nitrogen functional groups attached to an aromatic ring is 1. The Morgan fingerprint density at radius 3 is 2.50 bits per heavy atom. The molecule has 0 heterocycles. The van der Waals surface area contributed by atoms with E-state index in [0.717, 1.165) is 6.07 Å². The summed E-state index contributed by atoms with van der Waals surface area (Å²) in [4.78, 5) is 0. The monoisotopic (exact) mass is 425 g/mol. The van der Waals surface area contributed by atoms with Crippen molar-refractivity contribution in [2.75, 3.05) is 5.73 Å². The lowest BCUT2D eigenvalue weighted by Crippen LogP contribution is -1.95. The second kappa shape index (κ2) is 5.40. The van der Waals surface area contributed by atoms with E-state index < -0.39 is 11.6 Å². The lowest BCUT2D eigenvalue weighted by Gasteiger charge is -2.10. The summed E-state index contributed by atoms with van der Waals surface area (Å²) in [5.74, 6) is -1.75. The molecule has 0 aliphatic rings. The fraction of sp³-hybridized carbons (Fsp3) is 0. The first kappa shape index (κ1) is 13.5. The van der Waals surface area contributed by atoms with Crippen molar-refractivity contribution in [2.24, 2.45) is 0 Å². The highest BCUT2D eigenvalue weighted by molar-refractivity contribution is 14.1. The van der Waals surface area contributed by atoms with E-state index in [2.05, 4.69) is 15.9 Å². The Morgan fingerprint density at radius 2 is 1.83 bits per heavy atom. The van der Waals surface area contributed by atoms with E-state index in [4.69, 9.17) is 10.5 Å². The normalized spacial score (nSPS) is 10.4. The Hall–Kier alpha value is -0.890. The van der Waals surface area contributed by atoms with Crippen molar-refractivity contribution < 1.29 is 13.5 Å². The number of ether oxygens (including phenoxy) is 1. The van der Waals surface area contributed by atoms with Gasteiger partial charge in [0.25, 0.3) is 0 Å². The third kappa shape index (κ3) is 2.92. The molecule has 0 radical (unpaired) electrons. The largest absolute Gasteiger partial charge is 0.453 e. The lowest BCUT2D eigenvalue weighted by atomic mass is 10.3. The van der Waals surface area contributed by atoms with Gasteiger partial charge < -0.3 is 10.5 Å². The minimum Gasteiger partial charge on any atom is -0.453 e. The summed E-state index contributed by atoms with van der Waals surface area (Å²) in [7, 11) is 0. The van der Waals surface area contributed by atoms with Gasteiger partial charge in [0.15, 0.2) is 11.6 Å². The molecule has 0 aromatic heterocycles. The van der Waals surface area contributed by atoms with Crippen LogP contribution in [0.5, 0.6) is 11.5 Å². The highest BCUT2D eigenvalue weighted by Gasteiger charge is 2.13. The molecule has 0 bridgehead atoms. The molecule has 6 heteroatoms. The standard InChI is InChI=1S/C12H7BrF2INO/c13-6-3-8(14)12(15)11(4-6)18-10-2-1-7(17)5-9(10)16/h1-5H,17H2. The van der Waals surface area contributed by atoms with E-state index in [1.54, 1.807) is 18.2 Å². The lowest BCUT2D eigenvalue weighted by molar-refractivity contribution is 0.413. The average Bonchev–Trinajstić information content (AvgIpc) is 2.29. The van der Waals surface area contributed by atoms with Crippen LogP contribution in [0.2, 0.25) is 0 Å². The Labute approximate surface area is 124 Å². The van der Waals surface area contributed by atoms with E-state index in [9.17, 15) is 8.78 Å². The molecule has 0 saturated heterocycles. The summed E-state index contributed by atoms with van der Waals surface area (Å²) < 4.78 is 33.2. The summed E-state index contributed by atoms with van der Waals surface area (Å²) in [6.45, 7) is 0.